The van der Waals surface area contributed by atoms with Gasteiger partial charge in [-0.3, -0.25) is 0 Å². The average Bonchev–Trinajstić information content (AvgIpc) is 3.49. The number of aliphatic hydroxyl groups excluding tert-OH is 2. The maximum Gasteiger partial charge on any atom is 0.121 e. The molecule has 0 aromatic heterocycles. The summed E-state index contributed by atoms with van der Waals surface area (Å²) in [4.78, 5) is 0. The van der Waals surface area contributed by atoms with Crippen LogP contribution in [0.15, 0.2) is 60.8 Å². The number of allylic oxidation sites excluding steroid dienone is 8. The molecule has 0 spiro atoms. The summed E-state index contributed by atoms with van der Waals surface area (Å²) in [5, 5.41) is 31.4. The van der Waals surface area contributed by atoms with E-state index in [2.05, 4.69) is 123 Å². The fraction of sp³-hybridized carbons (Fsp3) is 0.750. The molecule has 5 unspecified atom stereocenters. The van der Waals surface area contributed by atoms with Crippen molar-refractivity contribution in [1.29, 1.82) is 0 Å². The number of epoxide rings is 1. The monoisotopic (exact) mass is 610 g/mol. The van der Waals surface area contributed by atoms with E-state index in [1.807, 2.05) is 6.92 Å². The minimum Gasteiger partial charge on any atom is -0.393 e. The Balaban J connectivity index is 1.34. The maximum atomic E-state index is 11.0. The summed E-state index contributed by atoms with van der Waals surface area (Å²) in [5.74, 6) is 1.92. The molecule has 4 heteroatoms. The molecule has 3 aliphatic rings. The summed E-state index contributed by atoms with van der Waals surface area (Å²) in [6, 6.07) is 0. The van der Waals surface area contributed by atoms with E-state index in [9.17, 15) is 15.3 Å². The van der Waals surface area contributed by atoms with Crippen molar-refractivity contribution in [2.45, 2.75) is 150 Å². The molecular formula is C40H66O4. The zero-order valence-corrected chi connectivity index (χ0v) is 29.7. The van der Waals surface area contributed by atoms with Crippen LogP contribution in [0.2, 0.25) is 0 Å². The minimum atomic E-state index is -0.860. The quantitative estimate of drug-likeness (QED) is 0.104. The molecule has 3 N–H and O–H groups in total. The molecule has 1 aliphatic heterocycles. The van der Waals surface area contributed by atoms with Crippen molar-refractivity contribution >= 4 is 0 Å². The van der Waals surface area contributed by atoms with Gasteiger partial charge < -0.3 is 20.1 Å². The molecule has 250 valence electrons. The van der Waals surface area contributed by atoms with Gasteiger partial charge in [-0.05, 0) is 75.0 Å². The lowest BCUT2D eigenvalue weighted by atomic mass is 9.61. The number of aliphatic hydroxyl groups is 3. The largest absolute Gasteiger partial charge is 0.393 e. The molecule has 4 nitrogen and oxygen atoms in total. The van der Waals surface area contributed by atoms with Crippen molar-refractivity contribution in [3.05, 3.63) is 60.8 Å². The van der Waals surface area contributed by atoms with E-state index >= 15 is 0 Å². The normalized spacial score (nSPS) is 38.1. The molecule has 1 heterocycles. The average molecular weight is 611 g/mol. The molecule has 0 aromatic rings. The van der Waals surface area contributed by atoms with E-state index in [4.69, 9.17) is 4.74 Å². The molecule has 10 atom stereocenters. The fourth-order valence-corrected chi connectivity index (χ4v) is 8.50. The van der Waals surface area contributed by atoms with Crippen molar-refractivity contribution in [2.24, 2.45) is 40.4 Å². The molecule has 0 amide bonds. The second kappa shape index (κ2) is 14.5. The zero-order chi connectivity index (χ0) is 33.0. The summed E-state index contributed by atoms with van der Waals surface area (Å²) in [6.45, 7) is 21.8. The lowest BCUT2D eigenvalue weighted by molar-refractivity contribution is -0.111. The van der Waals surface area contributed by atoms with Crippen molar-refractivity contribution in [3.8, 4) is 0 Å². The van der Waals surface area contributed by atoms with Crippen LogP contribution in [0.25, 0.3) is 0 Å². The smallest absolute Gasteiger partial charge is 0.121 e. The molecule has 44 heavy (non-hydrogen) atoms. The first-order valence-electron chi connectivity index (χ1n) is 17.5. The number of hydrogen-bond donors (Lipinski definition) is 3. The van der Waals surface area contributed by atoms with E-state index in [1.54, 1.807) is 0 Å². The highest BCUT2D eigenvalue weighted by Gasteiger charge is 2.74. The second-order valence-electron chi connectivity index (χ2n) is 16.8. The third-order valence-electron chi connectivity index (χ3n) is 11.0. The standard InChI is InChI=1S/C40H66O4/c1-29(17-13-19-31(3)21-22-35-36(5,6)25-33(41)27-38(35,9)43)15-11-12-16-30(2)18-14-20-32(4)23-24-40-37(7,8)26-34(42)28-39(40,10)44-40/h11-12,14-16,20-24,29-35,41-43H,13,17-19,25-28H2,1-10H3/b15-11+,16-12+,20-14+,22-21?,24-23+/t29?,30?,31?,32?,33-,34-,35?,38+,39+,40-/m0/s1. The van der Waals surface area contributed by atoms with Crippen molar-refractivity contribution in [3.63, 3.8) is 0 Å². The SMILES string of the molecule is CC(/C=C/CC(C)/C=C/C=C/C(C)CCCC(C)C=CC1C(C)(C)C[C@H](O)C[C@@]1(C)O)/C=C/[C@@]12O[C@]1(C)C[C@@H](O)CC2(C)C. The van der Waals surface area contributed by atoms with Crippen LogP contribution in [0.3, 0.4) is 0 Å². The fourth-order valence-electron chi connectivity index (χ4n) is 8.50. The van der Waals surface area contributed by atoms with Gasteiger partial charge in [-0.2, -0.15) is 0 Å². The van der Waals surface area contributed by atoms with E-state index < -0.39 is 11.7 Å². The van der Waals surface area contributed by atoms with E-state index in [0.717, 1.165) is 32.1 Å². The van der Waals surface area contributed by atoms with Crippen molar-refractivity contribution < 1.29 is 20.1 Å². The molecular weight excluding hydrogens is 544 g/mol. The molecule has 3 fully saturated rings. The summed E-state index contributed by atoms with van der Waals surface area (Å²) < 4.78 is 6.28. The van der Waals surface area contributed by atoms with Crippen LogP contribution in [0.1, 0.15) is 121 Å². The Morgan fingerprint density at radius 2 is 1.32 bits per heavy atom. The van der Waals surface area contributed by atoms with E-state index in [1.165, 1.54) is 12.8 Å². The zero-order valence-electron chi connectivity index (χ0n) is 29.7. The predicted octanol–water partition coefficient (Wildman–Crippen LogP) is 9.13. The second-order valence-corrected chi connectivity index (χ2v) is 16.8. The predicted molar refractivity (Wildman–Crippen MR) is 185 cm³/mol. The highest BCUT2D eigenvalue weighted by molar-refractivity contribution is 5.32. The van der Waals surface area contributed by atoms with E-state index in [-0.39, 0.29) is 34.1 Å². The molecule has 0 aromatic carbocycles. The highest BCUT2D eigenvalue weighted by Crippen LogP contribution is 2.66. The number of fused-ring (bicyclic) bond motifs is 1. The van der Waals surface area contributed by atoms with Gasteiger partial charge in [0, 0.05) is 24.2 Å². The molecule has 0 radical (unpaired) electrons. The first-order chi connectivity index (χ1) is 20.3. The third-order valence-corrected chi connectivity index (χ3v) is 11.0. The third kappa shape index (κ3) is 9.30. The van der Waals surface area contributed by atoms with Crippen LogP contribution in [-0.2, 0) is 4.74 Å². The lowest BCUT2D eigenvalue weighted by Gasteiger charge is -2.48. The van der Waals surface area contributed by atoms with Crippen LogP contribution >= 0.6 is 0 Å². The topological polar surface area (TPSA) is 73.2 Å². The van der Waals surface area contributed by atoms with Gasteiger partial charge in [-0.15, -0.1) is 0 Å². The van der Waals surface area contributed by atoms with Gasteiger partial charge in [0.1, 0.15) is 11.2 Å². The number of hydrogen-bond acceptors (Lipinski definition) is 4. The summed E-state index contributed by atoms with van der Waals surface area (Å²) in [7, 11) is 0. The van der Waals surface area contributed by atoms with Gasteiger partial charge in [0.25, 0.3) is 0 Å². The Bertz CT molecular complexity index is 1060. The Labute approximate surface area is 270 Å². The Morgan fingerprint density at radius 3 is 1.93 bits per heavy atom. The molecule has 2 aliphatic carbocycles. The Kier molecular flexibility index (Phi) is 12.2. The molecule has 3 rings (SSSR count). The van der Waals surface area contributed by atoms with Gasteiger partial charge in [-0.1, -0.05) is 123 Å². The minimum absolute atomic E-state index is 0.0622. The first-order valence-corrected chi connectivity index (χ1v) is 17.5. The summed E-state index contributed by atoms with van der Waals surface area (Å²) in [5.41, 5.74) is -1.53. The summed E-state index contributed by atoms with van der Waals surface area (Å²) >= 11 is 0. The molecule has 1 saturated heterocycles. The molecule has 2 saturated carbocycles. The van der Waals surface area contributed by atoms with Crippen LogP contribution in [0.5, 0.6) is 0 Å². The molecule has 0 bridgehead atoms. The van der Waals surface area contributed by atoms with Gasteiger partial charge in [0.15, 0.2) is 0 Å². The Morgan fingerprint density at radius 1 is 0.727 bits per heavy atom. The van der Waals surface area contributed by atoms with Crippen LogP contribution in [0, 0.1) is 40.4 Å². The maximum absolute atomic E-state index is 11.0. The van der Waals surface area contributed by atoms with Gasteiger partial charge in [0.2, 0.25) is 0 Å². The lowest BCUT2D eigenvalue weighted by Crippen LogP contribution is -2.50. The van der Waals surface area contributed by atoms with E-state index in [0.29, 0.717) is 30.1 Å². The van der Waals surface area contributed by atoms with Gasteiger partial charge in [-0.25, -0.2) is 0 Å². The van der Waals surface area contributed by atoms with Crippen molar-refractivity contribution in [1.82, 2.24) is 0 Å². The summed E-state index contributed by atoms with van der Waals surface area (Å²) in [6.07, 6.45) is 29.2. The van der Waals surface area contributed by atoms with Crippen LogP contribution in [0.4, 0.5) is 0 Å². The number of ether oxygens (including phenoxy) is 1. The highest BCUT2D eigenvalue weighted by atomic mass is 16.6. The van der Waals surface area contributed by atoms with Crippen molar-refractivity contribution in [2.75, 3.05) is 0 Å². The van der Waals surface area contributed by atoms with Gasteiger partial charge >= 0.3 is 0 Å². The van der Waals surface area contributed by atoms with Crippen LogP contribution < -0.4 is 0 Å². The number of rotatable bonds is 14. The van der Waals surface area contributed by atoms with Gasteiger partial charge in [0.05, 0.1) is 17.8 Å². The first kappa shape index (κ1) is 37.0. The van der Waals surface area contributed by atoms with Crippen LogP contribution in [-0.4, -0.2) is 44.3 Å². The Hall–Kier alpha value is -1.46.